The van der Waals surface area contributed by atoms with Gasteiger partial charge in [-0.05, 0) is 87.9 Å². The Kier molecular flexibility index (Phi) is 6.55. The fourth-order valence-electron chi connectivity index (χ4n) is 6.99. The SMILES string of the molecule is CC(COCC1CCC2OC2C1)(COCC1CCC2OC2C1)COCC1CCC2CC2(O)C1. The molecule has 2 aliphatic heterocycles. The average Bonchev–Trinajstić information content (AvgIpc) is 3.68. The lowest BCUT2D eigenvalue weighted by molar-refractivity contribution is -0.0800. The van der Waals surface area contributed by atoms with Gasteiger partial charge in [0.05, 0.1) is 49.8 Å². The van der Waals surface area contributed by atoms with Gasteiger partial charge in [0, 0.05) is 25.2 Å². The van der Waals surface area contributed by atoms with Crippen LogP contribution in [0.1, 0.15) is 71.1 Å². The van der Waals surface area contributed by atoms with E-state index in [0.717, 1.165) is 51.9 Å². The molecule has 9 atom stereocenters. The predicted molar refractivity (Wildman–Crippen MR) is 123 cm³/mol. The number of ether oxygens (including phenoxy) is 5. The summed E-state index contributed by atoms with van der Waals surface area (Å²) < 4.78 is 30.2. The van der Waals surface area contributed by atoms with Crippen LogP contribution in [0, 0.1) is 29.1 Å². The van der Waals surface area contributed by atoms with Crippen molar-refractivity contribution >= 4 is 0 Å². The molecule has 2 heterocycles. The Morgan fingerprint density at radius 3 is 1.73 bits per heavy atom. The molecule has 0 radical (unpaired) electrons. The maximum atomic E-state index is 10.5. The second-order valence-corrected chi connectivity index (χ2v) is 12.8. The topological polar surface area (TPSA) is 73.0 Å². The fourth-order valence-corrected chi connectivity index (χ4v) is 6.99. The molecule has 6 aliphatic rings. The Morgan fingerprint density at radius 2 is 1.21 bits per heavy atom. The molecule has 188 valence electrons. The monoisotopic (exact) mass is 464 g/mol. The molecule has 6 rings (SSSR count). The molecular weight excluding hydrogens is 420 g/mol. The van der Waals surface area contributed by atoms with Crippen LogP contribution in [-0.4, -0.2) is 74.8 Å². The van der Waals surface area contributed by atoms with Gasteiger partial charge in [-0.15, -0.1) is 0 Å². The average molecular weight is 465 g/mol. The summed E-state index contributed by atoms with van der Waals surface area (Å²) in [7, 11) is 0. The Bertz CT molecular complexity index is 652. The maximum Gasteiger partial charge on any atom is 0.0845 e. The van der Waals surface area contributed by atoms with E-state index in [1.165, 1.54) is 32.1 Å². The van der Waals surface area contributed by atoms with Gasteiger partial charge in [-0.25, -0.2) is 0 Å². The van der Waals surface area contributed by atoms with Gasteiger partial charge in [-0.2, -0.15) is 0 Å². The van der Waals surface area contributed by atoms with E-state index < -0.39 is 0 Å². The molecule has 4 saturated carbocycles. The Balaban J connectivity index is 0.953. The van der Waals surface area contributed by atoms with Crippen LogP contribution in [0.5, 0.6) is 0 Å². The second-order valence-electron chi connectivity index (χ2n) is 12.8. The van der Waals surface area contributed by atoms with Crippen molar-refractivity contribution in [1.29, 1.82) is 0 Å². The Labute approximate surface area is 199 Å². The minimum Gasteiger partial charge on any atom is -0.390 e. The summed E-state index contributed by atoms with van der Waals surface area (Å²) in [5.41, 5.74) is -0.509. The van der Waals surface area contributed by atoms with Gasteiger partial charge in [0.1, 0.15) is 0 Å². The molecule has 1 N–H and O–H groups in total. The number of hydrogen-bond donors (Lipinski definition) is 1. The molecular formula is C27H44O6. The van der Waals surface area contributed by atoms with E-state index in [-0.39, 0.29) is 11.0 Å². The number of aliphatic hydroxyl groups is 1. The minimum absolute atomic E-state index is 0.145. The zero-order valence-corrected chi connectivity index (χ0v) is 20.4. The summed E-state index contributed by atoms with van der Waals surface area (Å²) in [4.78, 5) is 0. The van der Waals surface area contributed by atoms with Crippen molar-refractivity contribution < 1.29 is 28.8 Å². The quantitative estimate of drug-likeness (QED) is 0.444. The van der Waals surface area contributed by atoms with Crippen LogP contribution in [0.3, 0.4) is 0 Å². The first-order valence-corrected chi connectivity index (χ1v) is 13.7. The van der Waals surface area contributed by atoms with Gasteiger partial charge in [-0.3, -0.25) is 0 Å². The predicted octanol–water partition coefficient (Wildman–Crippen LogP) is 3.73. The largest absolute Gasteiger partial charge is 0.390 e. The summed E-state index contributed by atoms with van der Waals surface area (Å²) in [6.45, 7) is 6.64. The van der Waals surface area contributed by atoms with Crippen molar-refractivity contribution in [3.05, 3.63) is 0 Å². The third kappa shape index (κ3) is 5.78. The lowest BCUT2D eigenvalue weighted by atomic mass is 9.87. The zero-order valence-electron chi connectivity index (χ0n) is 20.4. The van der Waals surface area contributed by atoms with Crippen LogP contribution in [0.2, 0.25) is 0 Å². The van der Waals surface area contributed by atoms with Crippen LogP contribution in [-0.2, 0) is 23.7 Å². The molecule has 0 spiro atoms. The van der Waals surface area contributed by atoms with E-state index in [1.807, 2.05) is 0 Å². The summed E-state index contributed by atoms with van der Waals surface area (Å²) in [6.07, 6.45) is 13.5. The molecule has 33 heavy (non-hydrogen) atoms. The van der Waals surface area contributed by atoms with E-state index >= 15 is 0 Å². The highest BCUT2D eigenvalue weighted by Crippen LogP contribution is 2.55. The van der Waals surface area contributed by atoms with E-state index in [2.05, 4.69) is 6.92 Å². The molecule has 2 saturated heterocycles. The van der Waals surface area contributed by atoms with Gasteiger partial charge in [-0.1, -0.05) is 6.92 Å². The van der Waals surface area contributed by atoms with Crippen molar-refractivity contribution in [2.24, 2.45) is 29.1 Å². The summed E-state index contributed by atoms with van der Waals surface area (Å²) in [5.74, 6) is 2.31. The normalized spacial score (nSPS) is 47.1. The highest BCUT2D eigenvalue weighted by molar-refractivity contribution is 5.07. The molecule has 4 aliphatic carbocycles. The molecule has 0 aromatic heterocycles. The molecule has 9 unspecified atom stereocenters. The smallest absolute Gasteiger partial charge is 0.0845 e. The van der Waals surface area contributed by atoms with Crippen molar-refractivity contribution in [2.75, 3.05) is 39.6 Å². The van der Waals surface area contributed by atoms with Crippen molar-refractivity contribution in [1.82, 2.24) is 0 Å². The van der Waals surface area contributed by atoms with E-state index in [0.29, 0.717) is 67.9 Å². The van der Waals surface area contributed by atoms with Crippen molar-refractivity contribution in [3.63, 3.8) is 0 Å². The van der Waals surface area contributed by atoms with Crippen molar-refractivity contribution in [2.45, 2.75) is 101 Å². The summed E-state index contributed by atoms with van der Waals surface area (Å²) in [5, 5.41) is 10.5. The number of hydrogen-bond acceptors (Lipinski definition) is 6. The standard InChI is InChI=1S/C27H44O6/c1-26(15-29-12-18-3-6-22-24(8-18)32-22,16-30-13-19-4-7-23-25(9-19)33-23)17-31-14-20-2-5-21-11-27(21,28)10-20/h18-25,28H,2-17H2,1H3. The third-order valence-electron chi connectivity index (χ3n) is 9.40. The molecule has 6 heteroatoms. The lowest BCUT2D eigenvalue weighted by Gasteiger charge is -2.32. The number of epoxide rings is 2. The zero-order chi connectivity index (χ0) is 22.5. The second kappa shape index (κ2) is 9.33. The van der Waals surface area contributed by atoms with Gasteiger partial charge in [0.15, 0.2) is 0 Å². The third-order valence-corrected chi connectivity index (χ3v) is 9.40. The molecule has 0 amide bonds. The van der Waals surface area contributed by atoms with E-state index in [1.54, 1.807) is 0 Å². The first-order chi connectivity index (χ1) is 16.0. The fraction of sp³-hybridized carbons (Fsp3) is 1.00. The van der Waals surface area contributed by atoms with Crippen LogP contribution in [0.15, 0.2) is 0 Å². The van der Waals surface area contributed by atoms with Gasteiger partial charge >= 0.3 is 0 Å². The molecule has 0 aromatic carbocycles. The molecule has 6 nitrogen and oxygen atoms in total. The lowest BCUT2D eigenvalue weighted by Crippen LogP contribution is -2.37. The van der Waals surface area contributed by atoms with Gasteiger partial charge in [0.25, 0.3) is 0 Å². The molecule has 6 fully saturated rings. The maximum absolute atomic E-state index is 10.5. The summed E-state index contributed by atoms with van der Waals surface area (Å²) >= 11 is 0. The Hall–Kier alpha value is -0.240. The number of rotatable bonds is 12. The molecule has 0 bridgehead atoms. The van der Waals surface area contributed by atoms with E-state index in [9.17, 15) is 5.11 Å². The van der Waals surface area contributed by atoms with Gasteiger partial charge in [0.2, 0.25) is 0 Å². The van der Waals surface area contributed by atoms with Crippen LogP contribution in [0.4, 0.5) is 0 Å². The Morgan fingerprint density at radius 1 is 0.697 bits per heavy atom. The van der Waals surface area contributed by atoms with Crippen molar-refractivity contribution in [3.8, 4) is 0 Å². The van der Waals surface area contributed by atoms with Crippen LogP contribution < -0.4 is 0 Å². The highest BCUT2D eigenvalue weighted by atomic mass is 16.6. The molecule has 0 aromatic rings. The van der Waals surface area contributed by atoms with E-state index in [4.69, 9.17) is 23.7 Å². The summed E-state index contributed by atoms with van der Waals surface area (Å²) in [6, 6.07) is 0. The van der Waals surface area contributed by atoms with Crippen LogP contribution >= 0.6 is 0 Å². The minimum atomic E-state index is -0.365. The highest BCUT2D eigenvalue weighted by Gasteiger charge is 2.55. The first-order valence-electron chi connectivity index (χ1n) is 13.7. The van der Waals surface area contributed by atoms with Gasteiger partial charge < -0.3 is 28.8 Å². The number of fused-ring (bicyclic) bond motifs is 3. The first kappa shape index (κ1) is 23.2. The van der Waals surface area contributed by atoms with Crippen LogP contribution in [0.25, 0.3) is 0 Å².